The predicted octanol–water partition coefficient (Wildman–Crippen LogP) is 2.07. The summed E-state index contributed by atoms with van der Waals surface area (Å²) in [6.45, 7) is 1.29. The molecular formula is C16H19F2NO2. The number of nitrogens with one attached hydrogen (secondary N) is 1. The summed E-state index contributed by atoms with van der Waals surface area (Å²) in [7, 11) is 0. The average molecular weight is 295 g/mol. The summed E-state index contributed by atoms with van der Waals surface area (Å²) in [6, 6.07) is 7.85. The highest BCUT2D eigenvalue weighted by molar-refractivity contribution is 5.87. The smallest absolute Gasteiger partial charge is 0.263 e. The molecule has 5 heteroatoms. The third kappa shape index (κ3) is 2.44. The fourth-order valence-corrected chi connectivity index (χ4v) is 3.02. The van der Waals surface area contributed by atoms with Crippen molar-refractivity contribution < 1.29 is 18.7 Å². The maximum atomic E-state index is 13.2. The number of benzene rings is 1. The van der Waals surface area contributed by atoms with E-state index < -0.39 is 29.3 Å². The molecule has 114 valence electrons. The third-order valence-electron chi connectivity index (χ3n) is 4.83. The SMILES string of the molecule is CC1(C(=O)NCC2(O)CCc3ccccc3C2)CC1(F)F. The van der Waals surface area contributed by atoms with Crippen LogP contribution in [0.5, 0.6) is 0 Å². The Morgan fingerprint density at radius 1 is 1.33 bits per heavy atom. The van der Waals surface area contributed by atoms with Crippen LogP contribution in [0, 0.1) is 5.41 Å². The molecule has 1 fully saturated rings. The maximum absolute atomic E-state index is 13.2. The molecule has 0 saturated heterocycles. The molecule has 2 atom stereocenters. The molecule has 21 heavy (non-hydrogen) atoms. The number of hydrogen-bond donors (Lipinski definition) is 2. The van der Waals surface area contributed by atoms with Crippen LogP contribution in [0.15, 0.2) is 24.3 Å². The van der Waals surface area contributed by atoms with Crippen LogP contribution in [0.2, 0.25) is 0 Å². The molecule has 0 heterocycles. The lowest BCUT2D eigenvalue weighted by Crippen LogP contribution is -2.48. The van der Waals surface area contributed by atoms with Crippen LogP contribution < -0.4 is 5.32 Å². The summed E-state index contributed by atoms with van der Waals surface area (Å²) in [5.41, 5.74) is -0.391. The second kappa shape index (κ2) is 4.50. The Bertz CT molecular complexity index is 589. The summed E-state index contributed by atoms with van der Waals surface area (Å²) in [5.74, 6) is -3.58. The minimum absolute atomic E-state index is 0.0197. The third-order valence-corrected chi connectivity index (χ3v) is 4.83. The van der Waals surface area contributed by atoms with Crippen LogP contribution in [-0.4, -0.2) is 29.1 Å². The molecule has 3 rings (SSSR count). The van der Waals surface area contributed by atoms with Crippen molar-refractivity contribution in [3.63, 3.8) is 0 Å². The van der Waals surface area contributed by atoms with E-state index in [-0.39, 0.29) is 6.54 Å². The summed E-state index contributed by atoms with van der Waals surface area (Å²) < 4.78 is 26.3. The van der Waals surface area contributed by atoms with Gasteiger partial charge in [-0.1, -0.05) is 24.3 Å². The van der Waals surface area contributed by atoms with Gasteiger partial charge in [0.15, 0.2) is 0 Å². The monoisotopic (exact) mass is 295 g/mol. The van der Waals surface area contributed by atoms with Crippen molar-refractivity contribution in [2.45, 2.75) is 44.1 Å². The van der Waals surface area contributed by atoms with Crippen LogP contribution in [0.1, 0.15) is 30.9 Å². The minimum Gasteiger partial charge on any atom is -0.388 e. The molecule has 0 aromatic heterocycles. The quantitative estimate of drug-likeness (QED) is 0.897. The Balaban J connectivity index is 1.63. The molecule has 0 spiro atoms. The van der Waals surface area contributed by atoms with Gasteiger partial charge in [-0.05, 0) is 30.9 Å². The molecule has 0 aliphatic heterocycles. The number of aryl methyl sites for hydroxylation is 1. The molecule has 0 radical (unpaired) electrons. The highest BCUT2D eigenvalue weighted by Crippen LogP contribution is 2.60. The summed E-state index contributed by atoms with van der Waals surface area (Å²) in [4.78, 5) is 11.9. The van der Waals surface area contributed by atoms with Crippen LogP contribution in [0.4, 0.5) is 8.78 Å². The molecule has 0 bridgehead atoms. The molecule has 2 aliphatic carbocycles. The number of carbonyl (C=O) groups is 1. The van der Waals surface area contributed by atoms with Gasteiger partial charge in [-0.15, -0.1) is 0 Å². The molecule has 3 nitrogen and oxygen atoms in total. The lowest BCUT2D eigenvalue weighted by Gasteiger charge is -2.34. The number of alkyl halides is 2. The van der Waals surface area contributed by atoms with Crippen molar-refractivity contribution in [3.05, 3.63) is 35.4 Å². The predicted molar refractivity (Wildman–Crippen MR) is 74.1 cm³/mol. The number of rotatable bonds is 3. The number of halogens is 2. The molecular weight excluding hydrogens is 276 g/mol. The van der Waals surface area contributed by atoms with Crippen molar-refractivity contribution >= 4 is 5.91 Å². The normalized spacial score (nSPS) is 33.1. The lowest BCUT2D eigenvalue weighted by atomic mass is 9.80. The van der Waals surface area contributed by atoms with Crippen molar-refractivity contribution in [3.8, 4) is 0 Å². The number of amides is 1. The number of hydrogen-bond acceptors (Lipinski definition) is 2. The number of aliphatic hydroxyl groups is 1. The fourth-order valence-electron chi connectivity index (χ4n) is 3.02. The van der Waals surface area contributed by atoms with Gasteiger partial charge in [-0.2, -0.15) is 0 Å². The Kier molecular flexibility index (Phi) is 3.10. The van der Waals surface area contributed by atoms with Crippen LogP contribution in [0.3, 0.4) is 0 Å². The van der Waals surface area contributed by atoms with E-state index in [0.29, 0.717) is 12.8 Å². The van der Waals surface area contributed by atoms with Crippen molar-refractivity contribution in [2.75, 3.05) is 6.54 Å². The highest BCUT2D eigenvalue weighted by Gasteiger charge is 2.72. The summed E-state index contributed by atoms with van der Waals surface area (Å²) in [6.07, 6.45) is 1.29. The molecule has 2 N–H and O–H groups in total. The van der Waals surface area contributed by atoms with E-state index in [1.54, 1.807) is 0 Å². The first kappa shape index (κ1) is 14.4. The molecule has 1 aromatic rings. The van der Waals surface area contributed by atoms with E-state index >= 15 is 0 Å². The van der Waals surface area contributed by atoms with Crippen LogP contribution in [0.25, 0.3) is 0 Å². The van der Waals surface area contributed by atoms with Gasteiger partial charge < -0.3 is 10.4 Å². The standard InChI is InChI=1S/C16H19F2NO2/c1-14(9-16(14,17)18)13(20)19-10-15(21)7-6-11-4-2-3-5-12(11)8-15/h2-5,21H,6-10H2,1H3,(H,19,20). The zero-order valence-electron chi connectivity index (χ0n) is 12.0. The van der Waals surface area contributed by atoms with Crippen molar-refractivity contribution in [1.29, 1.82) is 0 Å². The summed E-state index contributed by atoms with van der Waals surface area (Å²) >= 11 is 0. The Morgan fingerprint density at radius 3 is 2.57 bits per heavy atom. The van der Waals surface area contributed by atoms with Crippen molar-refractivity contribution in [1.82, 2.24) is 5.32 Å². The molecule has 1 aromatic carbocycles. The van der Waals surface area contributed by atoms with Crippen LogP contribution >= 0.6 is 0 Å². The van der Waals surface area contributed by atoms with E-state index in [4.69, 9.17) is 0 Å². The van der Waals surface area contributed by atoms with Gasteiger partial charge >= 0.3 is 0 Å². The first-order chi connectivity index (χ1) is 9.76. The Hall–Kier alpha value is -1.49. The molecule has 1 amide bonds. The first-order valence-corrected chi connectivity index (χ1v) is 7.21. The lowest BCUT2D eigenvalue weighted by molar-refractivity contribution is -0.130. The second-order valence-corrected chi connectivity index (χ2v) is 6.57. The second-order valence-electron chi connectivity index (χ2n) is 6.57. The fraction of sp³-hybridized carbons (Fsp3) is 0.562. The number of carbonyl (C=O) groups excluding carboxylic acids is 1. The van der Waals surface area contributed by atoms with E-state index in [2.05, 4.69) is 5.32 Å². The van der Waals surface area contributed by atoms with Crippen molar-refractivity contribution in [2.24, 2.45) is 5.41 Å². The van der Waals surface area contributed by atoms with Gasteiger partial charge in [0.1, 0.15) is 5.41 Å². The zero-order valence-corrected chi connectivity index (χ0v) is 12.0. The average Bonchev–Trinajstić information content (AvgIpc) is 2.96. The van der Waals surface area contributed by atoms with E-state index in [1.807, 2.05) is 24.3 Å². The van der Waals surface area contributed by atoms with Gasteiger partial charge in [0, 0.05) is 19.4 Å². The van der Waals surface area contributed by atoms with E-state index in [9.17, 15) is 18.7 Å². The maximum Gasteiger partial charge on any atom is 0.263 e. The van der Waals surface area contributed by atoms with Gasteiger partial charge in [0.2, 0.25) is 5.91 Å². The Morgan fingerprint density at radius 2 is 1.95 bits per heavy atom. The summed E-state index contributed by atoms with van der Waals surface area (Å²) in [5, 5.41) is 13.1. The van der Waals surface area contributed by atoms with Crippen LogP contribution in [-0.2, 0) is 17.6 Å². The van der Waals surface area contributed by atoms with Gasteiger partial charge in [0.05, 0.1) is 5.60 Å². The molecule has 1 saturated carbocycles. The van der Waals surface area contributed by atoms with Gasteiger partial charge in [-0.3, -0.25) is 4.79 Å². The molecule has 2 aliphatic rings. The van der Waals surface area contributed by atoms with Gasteiger partial charge in [0.25, 0.3) is 5.92 Å². The van der Waals surface area contributed by atoms with E-state index in [0.717, 1.165) is 12.0 Å². The number of fused-ring (bicyclic) bond motifs is 1. The largest absolute Gasteiger partial charge is 0.388 e. The first-order valence-electron chi connectivity index (χ1n) is 7.21. The molecule has 2 unspecified atom stereocenters. The van der Waals surface area contributed by atoms with E-state index in [1.165, 1.54) is 12.5 Å². The van der Waals surface area contributed by atoms with Gasteiger partial charge in [-0.25, -0.2) is 8.78 Å². The zero-order chi connectivity index (χ0) is 15.3. The highest BCUT2D eigenvalue weighted by atomic mass is 19.3. The Labute approximate surface area is 122 Å². The minimum atomic E-state index is -2.92. The topological polar surface area (TPSA) is 49.3 Å².